The maximum absolute atomic E-state index is 12.3. The summed E-state index contributed by atoms with van der Waals surface area (Å²) in [6.07, 6.45) is 1.56. The first-order chi connectivity index (χ1) is 7.98. The molecule has 2 rings (SSSR count). The minimum Gasteiger partial charge on any atom is -0.496 e. The van der Waals surface area contributed by atoms with Crippen LogP contribution in [-0.4, -0.2) is 18.4 Å². The largest absolute Gasteiger partial charge is 0.496 e. The molecule has 0 bridgehead atoms. The van der Waals surface area contributed by atoms with Crippen LogP contribution in [0, 0.1) is 0 Å². The van der Waals surface area contributed by atoms with Crippen molar-refractivity contribution < 1.29 is 9.53 Å². The highest BCUT2D eigenvalue weighted by molar-refractivity contribution is 6.07. The van der Waals surface area contributed by atoms with Crippen molar-refractivity contribution in [3.63, 3.8) is 0 Å². The fraction of sp³-hybridized carbons (Fsp3) is 0.500. The molecule has 0 atom stereocenters. The van der Waals surface area contributed by atoms with Gasteiger partial charge in [-0.05, 0) is 36.5 Å². The Balaban J connectivity index is 2.42. The average molecular weight is 233 g/mol. The van der Waals surface area contributed by atoms with E-state index in [2.05, 4.69) is 13.8 Å². The van der Waals surface area contributed by atoms with E-state index in [1.807, 2.05) is 18.2 Å². The van der Waals surface area contributed by atoms with Gasteiger partial charge in [0.2, 0.25) is 0 Å². The van der Waals surface area contributed by atoms with Crippen molar-refractivity contribution in [3.8, 4) is 5.75 Å². The Morgan fingerprint density at radius 1 is 1.41 bits per heavy atom. The van der Waals surface area contributed by atoms with Crippen LogP contribution in [0.2, 0.25) is 0 Å². The maximum atomic E-state index is 12.3. The van der Waals surface area contributed by atoms with E-state index < -0.39 is 5.54 Å². The van der Waals surface area contributed by atoms with Gasteiger partial charge in [-0.2, -0.15) is 0 Å². The van der Waals surface area contributed by atoms with Gasteiger partial charge in [0, 0.05) is 0 Å². The van der Waals surface area contributed by atoms with E-state index in [1.165, 1.54) is 0 Å². The SMILES string of the molecule is COc1ccc(C(C)C)cc1C(=O)C1(N)CC1. The number of methoxy groups -OCH3 is 1. The normalized spacial score (nSPS) is 17.0. The van der Waals surface area contributed by atoms with Crippen molar-refractivity contribution in [2.75, 3.05) is 7.11 Å². The van der Waals surface area contributed by atoms with Gasteiger partial charge in [-0.1, -0.05) is 19.9 Å². The number of Topliss-reactive ketones (excluding diaryl/α,β-unsaturated/α-hetero) is 1. The van der Waals surface area contributed by atoms with Crippen LogP contribution in [0.15, 0.2) is 18.2 Å². The second-order valence-corrected chi connectivity index (χ2v) is 5.10. The number of hydrogen-bond acceptors (Lipinski definition) is 3. The maximum Gasteiger partial charge on any atom is 0.186 e. The lowest BCUT2D eigenvalue weighted by atomic mass is 9.95. The van der Waals surface area contributed by atoms with Crippen molar-refractivity contribution in [1.82, 2.24) is 0 Å². The van der Waals surface area contributed by atoms with Crippen LogP contribution in [0.5, 0.6) is 5.75 Å². The third-order valence-corrected chi connectivity index (χ3v) is 3.38. The van der Waals surface area contributed by atoms with Crippen molar-refractivity contribution in [1.29, 1.82) is 0 Å². The fourth-order valence-corrected chi connectivity index (χ4v) is 1.89. The van der Waals surface area contributed by atoms with Crippen molar-refractivity contribution in [3.05, 3.63) is 29.3 Å². The Morgan fingerprint density at radius 2 is 2.06 bits per heavy atom. The van der Waals surface area contributed by atoms with E-state index in [1.54, 1.807) is 7.11 Å². The average Bonchev–Trinajstić information content (AvgIpc) is 3.06. The number of ether oxygens (including phenoxy) is 1. The molecule has 1 aromatic carbocycles. The summed E-state index contributed by atoms with van der Waals surface area (Å²) in [5.41, 5.74) is 7.09. The number of rotatable bonds is 4. The van der Waals surface area contributed by atoms with Crippen LogP contribution >= 0.6 is 0 Å². The third-order valence-electron chi connectivity index (χ3n) is 3.38. The van der Waals surface area contributed by atoms with Gasteiger partial charge in [0.05, 0.1) is 18.2 Å². The van der Waals surface area contributed by atoms with Crippen LogP contribution < -0.4 is 10.5 Å². The van der Waals surface area contributed by atoms with Crippen molar-refractivity contribution in [2.45, 2.75) is 38.1 Å². The Hall–Kier alpha value is -1.35. The smallest absolute Gasteiger partial charge is 0.186 e. The first kappa shape index (κ1) is 12.1. The molecule has 1 aromatic rings. The van der Waals surface area contributed by atoms with E-state index >= 15 is 0 Å². The van der Waals surface area contributed by atoms with Crippen LogP contribution in [0.1, 0.15) is 48.5 Å². The summed E-state index contributed by atoms with van der Waals surface area (Å²) in [5.74, 6) is 1.02. The van der Waals surface area contributed by atoms with Crippen molar-refractivity contribution >= 4 is 5.78 Å². The van der Waals surface area contributed by atoms with E-state index in [4.69, 9.17) is 10.5 Å². The van der Waals surface area contributed by atoms with Gasteiger partial charge in [-0.3, -0.25) is 4.79 Å². The summed E-state index contributed by atoms with van der Waals surface area (Å²) in [6, 6.07) is 5.77. The molecule has 0 aromatic heterocycles. The highest BCUT2D eigenvalue weighted by Crippen LogP contribution is 2.38. The van der Waals surface area contributed by atoms with Gasteiger partial charge in [0.25, 0.3) is 0 Å². The number of nitrogens with two attached hydrogens (primary N) is 1. The summed E-state index contributed by atoms with van der Waals surface area (Å²) in [6.45, 7) is 4.21. The first-order valence-corrected chi connectivity index (χ1v) is 5.99. The van der Waals surface area contributed by atoms with Crippen LogP contribution in [0.3, 0.4) is 0 Å². The predicted octanol–water partition coefficient (Wildman–Crippen LogP) is 2.49. The molecule has 0 unspecified atom stereocenters. The Kier molecular flexibility index (Phi) is 2.96. The quantitative estimate of drug-likeness (QED) is 0.813. The molecular weight excluding hydrogens is 214 g/mol. The van der Waals surface area contributed by atoms with Gasteiger partial charge in [0.15, 0.2) is 5.78 Å². The zero-order valence-corrected chi connectivity index (χ0v) is 10.6. The van der Waals surface area contributed by atoms with Crippen molar-refractivity contribution in [2.24, 2.45) is 5.73 Å². The van der Waals surface area contributed by atoms with Gasteiger partial charge in [-0.25, -0.2) is 0 Å². The molecule has 1 saturated carbocycles. The van der Waals surface area contributed by atoms with E-state index in [9.17, 15) is 4.79 Å². The fourth-order valence-electron chi connectivity index (χ4n) is 1.89. The summed E-state index contributed by atoms with van der Waals surface area (Å²) >= 11 is 0. The standard InChI is InChI=1S/C14H19NO2/c1-9(2)10-4-5-12(17-3)11(8-10)13(16)14(15)6-7-14/h4-5,8-9H,6-7,15H2,1-3H3. The highest BCUT2D eigenvalue weighted by atomic mass is 16.5. The van der Waals surface area contributed by atoms with E-state index in [-0.39, 0.29) is 5.78 Å². The van der Waals surface area contributed by atoms with Gasteiger partial charge in [-0.15, -0.1) is 0 Å². The number of hydrogen-bond donors (Lipinski definition) is 1. The summed E-state index contributed by atoms with van der Waals surface area (Å²) < 4.78 is 5.25. The minimum atomic E-state index is -0.636. The monoisotopic (exact) mass is 233 g/mol. The van der Waals surface area contributed by atoms with E-state index in [0.717, 1.165) is 18.4 Å². The Bertz CT molecular complexity index is 448. The molecule has 1 fully saturated rings. The first-order valence-electron chi connectivity index (χ1n) is 5.99. The van der Waals surface area contributed by atoms with Crippen LogP contribution in [0.4, 0.5) is 0 Å². The molecule has 0 radical (unpaired) electrons. The molecule has 3 heteroatoms. The van der Waals surface area contributed by atoms with E-state index in [0.29, 0.717) is 17.2 Å². The lowest BCUT2D eigenvalue weighted by molar-refractivity contribution is 0.0946. The molecule has 1 aliphatic rings. The number of ketones is 1. The third kappa shape index (κ3) is 2.20. The van der Waals surface area contributed by atoms with Gasteiger partial charge in [0.1, 0.15) is 5.75 Å². The molecule has 0 amide bonds. The summed E-state index contributed by atoms with van der Waals surface area (Å²) in [7, 11) is 1.58. The molecule has 0 spiro atoms. The summed E-state index contributed by atoms with van der Waals surface area (Å²) in [4.78, 5) is 12.3. The molecular formula is C14H19NO2. The number of carbonyl (C=O) groups is 1. The summed E-state index contributed by atoms with van der Waals surface area (Å²) in [5, 5.41) is 0. The zero-order valence-electron chi connectivity index (χ0n) is 10.6. The molecule has 1 aliphatic carbocycles. The second-order valence-electron chi connectivity index (χ2n) is 5.10. The lowest BCUT2D eigenvalue weighted by Crippen LogP contribution is -2.33. The number of carbonyl (C=O) groups excluding carboxylic acids is 1. The zero-order chi connectivity index (χ0) is 12.6. The Morgan fingerprint density at radius 3 is 2.53 bits per heavy atom. The molecule has 92 valence electrons. The molecule has 3 nitrogen and oxygen atoms in total. The molecule has 0 saturated heterocycles. The van der Waals surface area contributed by atoms with Crippen LogP contribution in [-0.2, 0) is 0 Å². The Labute approximate surface area is 102 Å². The van der Waals surface area contributed by atoms with Crippen LogP contribution in [0.25, 0.3) is 0 Å². The number of benzene rings is 1. The highest BCUT2D eigenvalue weighted by Gasteiger charge is 2.46. The second kappa shape index (κ2) is 4.15. The minimum absolute atomic E-state index is 0.0110. The molecule has 17 heavy (non-hydrogen) atoms. The molecule has 2 N–H and O–H groups in total. The predicted molar refractivity (Wildman–Crippen MR) is 67.6 cm³/mol. The molecule has 0 heterocycles. The lowest BCUT2D eigenvalue weighted by Gasteiger charge is -2.14. The van der Waals surface area contributed by atoms with Gasteiger partial charge >= 0.3 is 0 Å². The topological polar surface area (TPSA) is 52.3 Å². The van der Waals surface area contributed by atoms with Gasteiger partial charge < -0.3 is 10.5 Å². The molecule has 0 aliphatic heterocycles.